The van der Waals surface area contributed by atoms with Gasteiger partial charge in [-0.05, 0) is 25.2 Å². The summed E-state index contributed by atoms with van der Waals surface area (Å²) in [6.07, 6.45) is 3.83. The summed E-state index contributed by atoms with van der Waals surface area (Å²) in [7, 11) is 0. The lowest BCUT2D eigenvalue weighted by atomic mass is 10.0. The first-order valence-electron chi connectivity index (χ1n) is 3.71. The van der Waals surface area contributed by atoms with Crippen LogP contribution in [0.1, 0.15) is 25.7 Å². The Morgan fingerprint density at radius 2 is 2.30 bits per heavy atom. The third-order valence-electron chi connectivity index (χ3n) is 2.10. The minimum absolute atomic E-state index is 0.129. The third kappa shape index (κ3) is 1.99. The fraction of sp³-hybridized carbons (Fsp3) is 0.750. The van der Waals surface area contributed by atoms with E-state index >= 15 is 0 Å². The van der Waals surface area contributed by atoms with Crippen LogP contribution >= 0.6 is 11.6 Å². The van der Waals surface area contributed by atoms with Gasteiger partial charge in [0.15, 0.2) is 0 Å². The lowest BCUT2D eigenvalue weighted by Crippen LogP contribution is -2.12. The van der Waals surface area contributed by atoms with Crippen molar-refractivity contribution in [2.45, 2.75) is 31.8 Å². The lowest BCUT2D eigenvalue weighted by molar-refractivity contribution is 0.133. The van der Waals surface area contributed by atoms with E-state index < -0.39 is 0 Å². The van der Waals surface area contributed by atoms with Gasteiger partial charge >= 0.3 is 0 Å². The number of rotatable bonds is 2. The maximum absolute atomic E-state index is 9.34. The van der Waals surface area contributed by atoms with Crippen LogP contribution in [0.4, 0.5) is 0 Å². The number of hydrogen-bond acceptors (Lipinski definition) is 1. The first-order chi connectivity index (χ1) is 4.70. The third-order valence-corrected chi connectivity index (χ3v) is 2.26. The van der Waals surface area contributed by atoms with Crippen LogP contribution in [0.3, 0.4) is 0 Å². The van der Waals surface area contributed by atoms with Crippen LogP contribution in [-0.2, 0) is 0 Å². The van der Waals surface area contributed by atoms with E-state index in [0.717, 1.165) is 25.7 Å². The van der Waals surface area contributed by atoms with Gasteiger partial charge < -0.3 is 5.11 Å². The van der Waals surface area contributed by atoms with Crippen molar-refractivity contribution in [2.24, 2.45) is 5.92 Å². The molecule has 0 spiro atoms. The average Bonchev–Trinajstić information content (AvgIpc) is 2.15. The molecule has 0 amide bonds. The number of aliphatic hydroxyl groups is 1. The predicted molar refractivity (Wildman–Crippen MR) is 43.0 cm³/mol. The first-order valence-corrected chi connectivity index (χ1v) is 4.09. The molecular formula is C8H13ClO. The molecule has 1 aliphatic rings. The molecule has 1 aliphatic carbocycles. The van der Waals surface area contributed by atoms with E-state index in [1.54, 1.807) is 0 Å². The molecule has 0 aromatic carbocycles. The van der Waals surface area contributed by atoms with Gasteiger partial charge in [0, 0.05) is 5.03 Å². The Morgan fingerprint density at radius 3 is 2.70 bits per heavy atom. The topological polar surface area (TPSA) is 20.2 Å². The number of allylic oxidation sites excluding steroid dienone is 1. The van der Waals surface area contributed by atoms with Gasteiger partial charge in [0.25, 0.3) is 0 Å². The molecule has 58 valence electrons. The fourth-order valence-corrected chi connectivity index (χ4v) is 1.74. The van der Waals surface area contributed by atoms with Crippen LogP contribution in [-0.4, -0.2) is 11.2 Å². The van der Waals surface area contributed by atoms with Crippen molar-refractivity contribution in [3.63, 3.8) is 0 Å². The van der Waals surface area contributed by atoms with Gasteiger partial charge in [-0.1, -0.05) is 24.6 Å². The molecule has 0 aromatic rings. The van der Waals surface area contributed by atoms with Crippen molar-refractivity contribution in [1.29, 1.82) is 0 Å². The monoisotopic (exact) mass is 160 g/mol. The van der Waals surface area contributed by atoms with E-state index in [1.165, 1.54) is 0 Å². The van der Waals surface area contributed by atoms with E-state index in [2.05, 4.69) is 6.58 Å². The zero-order valence-corrected chi connectivity index (χ0v) is 6.77. The first kappa shape index (κ1) is 8.09. The molecule has 1 saturated carbocycles. The van der Waals surface area contributed by atoms with Gasteiger partial charge in [0.05, 0.1) is 6.10 Å². The SMILES string of the molecule is C=C(Cl)CC1CCCC1O. The molecule has 0 heterocycles. The number of aliphatic hydroxyl groups excluding tert-OH is 1. The van der Waals surface area contributed by atoms with Crippen molar-refractivity contribution >= 4 is 11.6 Å². The van der Waals surface area contributed by atoms with Crippen molar-refractivity contribution < 1.29 is 5.11 Å². The molecular weight excluding hydrogens is 148 g/mol. The molecule has 0 bridgehead atoms. The maximum atomic E-state index is 9.34. The second-order valence-corrected chi connectivity index (χ2v) is 3.51. The zero-order valence-electron chi connectivity index (χ0n) is 6.02. The molecule has 10 heavy (non-hydrogen) atoms. The molecule has 0 aliphatic heterocycles. The van der Waals surface area contributed by atoms with Gasteiger partial charge in [0.2, 0.25) is 0 Å². The lowest BCUT2D eigenvalue weighted by Gasteiger charge is -2.12. The quantitative estimate of drug-likeness (QED) is 0.657. The molecule has 1 nitrogen and oxygen atoms in total. The molecule has 1 rings (SSSR count). The Morgan fingerprint density at radius 1 is 1.60 bits per heavy atom. The fourth-order valence-electron chi connectivity index (χ4n) is 1.54. The van der Waals surface area contributed by atoms with Gasteiger partial charge in [-0.15, -0.1) is 0 Å². The summed E-state index contributed by atoms with van der Waals surface area (Å²) in [6.45, 7) is 3.61. The van der Waals surface area contributed by atoms with Crippen LogP contribution < -0.4 is 0 Å². The number of halogens is 1. The summed E-state index contributed by atoms with van der Waals surface area (Å²) >= 11 is 5.62. The predicted octanol–water partition coefficient (Wildman–Crippen LogP) is 2.29. The maximum Gasteiger partial charge on any atom is 0.0571 e. The van der Waals surface area contributed by atoms with Crippen molar-refractivity contribution in [2.75, 3.05) is 0 Å². The number of hydrogen-bond donors (Lipinski definition) is 1. The van der Waals surface area contributed by atoms with E-state index in [-0.39, 0.29) is 6.10 Å². The summed E-state index contributed by atoms with van der Waals surface area (Å²) in [5.74, 6) is 0.380. The highest BCUT2D eigenvalue weighted by Gasteiger charge is 2.24. The van der Waals surface area contributed by atoms with Gasteiger partial charge in [-0.25, -0.2) is 0 Å². The molecule has 1 fully saturated rings. The van der Waals surface area contributed by atoms with Crippen molar-refractivity contribution in [1.82, 2.24) is 0 Å². The minimum atomic E-state index is -0.129. The Bertz CT molecular complexity index is 133. The zero-order chi connectivity index (χ0) is 7.56. The Kier molecular flexibility index (Phi) is 2.75. The largest absolute Gasteiger partial charge is 0.393 e. The van der Waals surface area contributed by atoms with Crippen LogP contribution in [0.2, 0.25) is 0 Å². The highest BCUT2D eigenvalue weighted by Crippen LogP contribution is 2.30. The summed E-state index contributed by atoms with van der Waals surface area (Å²) in [6, 6.07) is 0. The molecule has 0 radical (unpaired) electrons. The molecule has 2 heteroatoms. The second-order valence-electron chi connectivity index (χ2n) is 2.98. The minimum Gasteiger partial charge on any atom is -0.393 e. The van der Waals surface area contributed by atoms with Gasteiger partial charge in [-0.3, -0.25) is 0 Å². The molecule has 2 unspecified atom stereocenters. The van der Waals surface area contributed by atoms with Crippen molar-refractivity contribution in [3.05, 3.63) is 11.6 Å². The summed E-state index contributed by atoms with van der Waals surface area (Å²) < 4.78 is 0. The Hall–Kier alpha value is -0.0100. The molecule has 0 aromatic heterocycles. The van der Waals surface area contributed by atoms with Gasteiger partial charge in [-0.2, -0.15) is 0 Å². The second kappa shape index (κ2) is 3.40. The standard InChI is InChI=1S/C8H13ClO/c1-6(9)5-7-3-2-4-8(7)10/h7-8,10H,1-5H2. The smallest absolute Gasteiger partial charge is 0.0571 e. The van der Waals surface area contributed by atoms with E-state index in [1.807, 2.05) is 0 Å². The van der Waals surface area contributed by atoms with Crippen molar-refractivity contribution in [3.8, 4) is 0 Å². The molecule has 2 atom stereocenters. The normalized spacial score (nSPS) is 32.6. The van der Waals surface area contributed by atoms with Crippen LogP contribution in [0.5, 0.6) is 0 Å². The Balaban J connectivity index is 2.33. The average molecular weight is 161 g/mol. The van der Waals surface area contributed by atoms with Gasteiger partial charge in [0.1, 0.15) is 0 Å². The molecule has 0 saturated heterocycles. The van der Waals surface area contributed by atoms with E-state index in [9.17, 15) is 5.11 Å². The van der Waals surface area contributed by atoms with Crippen LogP contribution in [0.25, 0.3) is 0 Å². The van der Waals surface area contributed by atoms with E-state index in [4.69, 9.17) is 11.6 Å². The summed E-state index contributed by atoms with van der Waals surface area (Å²) in [4.78, 5) is 0. The summed E-state index contributed by atoms with van der Waals surface area (Å²) in [5, 5.41) is 10.0. The van der Waals surface area contributed by atoms with Crippen LogP contribution in [0.15, 0.2) is 11.6 Å². The van der Waals surface area contributed by atoms with Crippen LogP contribution in [0, 0.1) is 5.92 Å². The van der Waals surface area contributed by atoms with E-state index in [0.29, 0.717) is 11.0 Å². The summed E-state index contributed by atoms with van der Waals surface area (Å²) in [5.41, 5.74) is 0. The Labute approximate surface area is 66.7 Å². The highest BCUT2D eigenvalue weighted by atomic mass is 35.5. The molecule has 1 N–H and O–H groups in total. The highest BCUT2D eigenvalue weighted by molar-refractivity contribution is 6.29.